The number of halogens is 3. The average Bonchev–Trinajstić information content (AvgIpc) is 2.15. The molecule has 0 fully saturated rings. The summed E-state index contributed by atoms with van der Waals surface area (Å²) in [6, 6.07) is 1.28. The van der Waals surface area contributed by atoms with Gasteiger partial charge in [-0.05, 0) is 25.5 Å². The molecule has 0 saturated heterocycles. The Morgan fingerprint density at radius 1 is 1.08 bits per heavy atom. The molecule has 74 valence electrons. The van der Waals surface area contributed by atoms with Gasteiger partial charge >= 0.3 is 0 Å². The minimum Gasteiger partial charge on any atom is -0.206 e. The van der Waals surface area contributed by atoms with Gasteiger partial charge in [-0.3, -0.25) is 0 Å². The van der Waals surface area contributed by atoms with Crippen LogP contribution in [-0.2, 0) is 0 Å². The molecule has 0 N–H and O–H groups in total. The molecule has 0 radical (unpaired) electrons. The van der Waals surface area contributed by atoms with Crippen LogP contribution in [-0.4, -0.2) is 0 Å². The van der Waals surface area contributed by atoms with Gasteiger partial charge in [0.1, 0.15) is 11.6 Å². The van der Waals surface area contributed by atoms with E-state index in [4.69, 9.17) is 11.6 Å². The number of hydrogen-bond acceptors (Lipinski definition) is 0. The van der Waals surface area contributed by atoms with Crippen LogP contribution in [0, 0.1) is 25.5 Å². The number of rotatable bonds is 0. The van der Waals surface area contributed by atoms with Crippen molar-refractivity contribution in [1.82, 2.24) is 0 Å². The highest BCUT2D eigenvalue weighted by Gasteiger charge is 2.10. The van der Waals surface area contributed by atoms with E-state index in [1.807, 2.05) is 13.8 Å². The molecular formula is C10H13ClF2. The molecule has 0 unspecified atom stereocenters. The second-order valence-electron chi connectivity index (χ2n) is 2.43. The summed E-state index contributed by atoms with van der Waals surface area (Å²) in [5.41, 5.74) is 0.351. The summed E-state index contributed by atoms with van der Waals surface area (Å²) >= 11 is 5.45. The lowest BCUT2D eigenvalue weighted by Gasteiger charge is -2.03. The predicted octanol–water partition coefficient (Wildman–Crippen LogP) is 4.26. The second-order valence-corrected chi connectivity index (χ2v) is 2.84. The van der Waals surface area contributed by atoms with E-state index in [2.05, 4.69) is 0 Å². The summed E-state index contributed by atoms with van der Waals surface area (Å²) in [5.74, 6) is -1.19. The molecule has 1 aromatic carbocycles. The molecule has 0 aliphatic rings. The molecule has 1 rings (SSSR count). The fraction of sp³-hybridized carbons (Fsp3) is 0.400. The number of hydrogen-bond donors (Lipinski definition) is 0. The molecule has 0 aliphatic carbocycles. The van der Waals surface area contributed by atoms with Gasteiger partial charge in [-0.25, -0.2) is 8.78 Å². The van der Waals surface area contributed by atoms with Gasteiger partial charge in [0.2, 0.25) is 0 Å². The van der Waals surface area contributed by atoms with Gasteiger partial charge in [0.25, 0.3) is 0 Å². The smallest absolute Gasteiger partial charge is 0.147 e. The zero-order chi connectivity index (χ0) is 10.6. The van der Waals surface area contributed by atoms with Crippen molar-refractivity contribution in [3.63, 3.8) is 0 Å². The Hall–Kier alpha value is -0.630. The Balaban J connectivity index is 0.000000671. The molecule has 3 heteroatoms. The summed E-state index contributed by atoms with van der Waals surface area (Å²) in [6.45, 7) is 6.91. The summed E-state index contributed by atoms with van der Waals surface area (Å²) in [4.78, 5) is 0. The topological polar surface area (TPSA) is 0 Å². The Kier molecular flexibility index (Phi) is 4.92. The van der Waals surface area contributed by atoms with Gasteiger partial charge in [0.05, 0.1) is 5.02 Å². The first-order valence-corrected chi connectivity index (χ1v) is 4.52. The van der Waals surface area contributed by atoms with Crippen molar-refractivity contribution in [2.45, 2.75) is 27.7 Å². The van der Waals surface area contributed by atoms with Crippen molar-refractivity contribution >= 4 is 11.6 Å². The largest absolute Gasteiger partial charge is 0.206 e. The third kappa shape index (κ3) is 2.66. The highest BCUT2D eigenvalue weighted by atomic mass is 35.5. The van der Waals surface area contributed by atoms with E-state index in [0.29, 0.717) is 5.56 Å². The molecule has 0 atom stereocenters. The Morgan fingerprint density at radius 3 is 2.00 bits per heavy atom. The first-order valence-electron chi connectivity index (χ1n) is 4.14. The van der Waals surface area contributed by atoms with Crippen LogP contribution in [0.4, 0.5) is 8.78 Å². The molecule has 13 heavy (non-hydrogen) atoms. The first kappa shape index (κ1) is 12.4. The lowest BCUT2D eigenvalue weighted by atomic mass is 10.1. The Morgan fingerprint density at radius 2 is 1.54 bits per heavy atom. The van der Waals surface area contributed by atoms with Crippen molar-refractivity contribution in [1.29, 1.82) is 0 Å². The Labute approximate surface area is 82.5 Å². The summed E-state index contributed by atoms with van der Waals surface area (Å²) in [7, 11) is 0. The minimum atomic E-state index is -0.672. The fourth-order valence-corrected chi connectivity index (χ4v) is 1.19. The zero-order valence-corrected chi connectivity index (χ0v) is 8.97. The third-order valence-electron chi connectivity index (χ3n) is 1.56. The fourth-order valence-electron chi connectivity index (χ4n) is 0.888. The van der Waals surface area contributed by atoms with Gasteiger partial charge < -0.3 is 0 Å². The van der Waals surface area contributed by atoms with E-state index in [0.717, 1.165) is 0 Å². The van der Waals surface area contributed by atoms with E-state index >= 15 is 0 Å². The van der Waals surface area contributed by atoms with E-state index < -0.39 is 11.6 Å². The normalized spacial score (nSPS) is 9.15. The SMILES string of the molecule is CC.Cc1cc(Cl)c(F)c(C)c1F. The average molecular weight is 207 g/mol. The molecule has 0 heterocycles. The van der Waals surface area contributed by atoms with Crippen molar-refractivity contribution < 1.29 is 8.78 Å². The maximum atomic E-state index is 12.9. The maximum absolute atomic E-state index is 12.9. The lowest BCUT2D eigenvalue weighted by Crippen LogP contribution is -1.93. The van der Waals surface area contributed by atoms with E-state index in [1.165, 1.54) is 13.0 Å². The van der Waals surface area contributed by atoms with Gasteiger partial charge in [-0.2, -0.15) is 0 Å². The van der Waals surface area contributed by atoms with E-state index in [-0.39, 0.29) is 10.6 Å². The standard InChI is InChI=1S/C8H7ClF2.C2H6/c1-4-3-6(9)8(11)5(2)7(4)10;1-2/h3H,1-2H3;1-2H3. The Bertz CT molecular complexity index is 269. The van der Waals surface area contributed by atoms with Crippen molar-refractivity contribution in [2.75, 3.05) is 0 Å². The summed E-state index contributed by atoms with van der Waals surface area (Å²) < 4.78 is 25.7. The number of aryl methyl sites for hydroxylation is 1. The van der Waals surface area contributed by atoms with Crippen LogP contribution >= 0.6 is 11.6 Å². The molecule has 0 amide bonds. The molecule has 0 aromatic heterocycles. The van der Waals surface area contributed by atoms with Gasteiger partial charge in [-0.1, -0.05) is 25.4 Å². The molecule has 0 aliphatic heterocycles. The van der Waals surface area contributed by atoms with Crippen molar-refractivity contribution in [3.05, 3.63) is 33.9 Å². The van der Waals surface area contributed by atoms with Crippen LogP contribution in [0.3, 0.4) is 0 Å². The van der Waals surface area contributed by atoms with Crippen LogP contribution in [0.2, 0.25) is 5.02 Å². The van der Waals surface area contributed by atoms with E-state index in [9.17, 15) is 8.78 Å². The summed E-state index contributed by atoms with van der Waals surface area (Å²) in [6.07, 6.45) is 0. The van der Waals surface area contributed by atoms with Gasteiger partial charge in [0.15, 0.2) is 0 Å². The number of benzene rings is 1. The zero-order valence-electron chi connectivity index (χ0n) is 8.21. The molecule has 0 spiro atoms. The van der Waals surface area contributed by atoms with Crippen LogP contribution in [0.15, 0.2) is 6.07 Å². The van der Waals surface area contributed by atoms with Gasteiger partial charge in [0, 0.05) is 5.56 Å². The summed E-state index contributed by atoms with van der Waals surface area (Å²) in [5, 5.41) is -0.0265. The molecule has 0 saturated carbocycles. The van der Waals surface area contributed by atoms with Crippen molar-refractivity contribution in [2.24, 2.45) is 0 Å². The highest BCUT2D eigenvalue weighted by Crippen LogP contribution is 2.22. The maximum Gasteiger partial charge on any atom is 0.147 e. The van der Waals surface area contributed by atoms with Gasteiger partial charge in [-0.15, -0.1) is 0 Å². The van der Waals surface area contributed by atoms with Crippen LogP contribution < -0.4 is 0 Å². The predicted molar refractivity (Wildman–Crippen MR) is 52.2 cm³/mol. The second kappa shape index (κ2) is 5.18. The van der Waals surface area contributed by atoms with E-state index in [1.54, 1.807) is 6.92 Å². The molecular weight excluding hydrogens is 194 g/mol. The third-order valence-corrected chi connectivity index (χ3v) is 1.83. The highest BCUT2D eigenvalue weighted by molar-refractivity contribution is 6.30. The quantitative estimate of drug-likeness (QED) is 0.557. The van der Waals surface area contributed by atoms with Crippen LogP contribution in [0.5, 0.6) is 0 Å². The minimum absolute atomic E-state index is 0.0185. The monoisotopic (exact) mass is 206 g/mol. The lowest BCUT2D eigenvalue weighted by molar-refractivity contribution is 0.562. The molecule has 0 bridgehead atoms. The first-order chi connectivity index (χ1) is 6.04. The van der Waals surface area contributed by atoms with Crippen LogP contribution in [0.25, 0.3) is 0 Å². The van der Waals surface area contributed by atoms with Crippen molar-refractivity contribution in [3.8, 4) is 0 Å². The molecule has 1 aromatic rings. The molecule has 0 nitrogen and oxygen atoms in total. The van der Waals surface area contributed by atoms with Crippen LogP contribution in [0.1, 0.15) is 25.0 Å².